The zero-order valence-corrected chi connectivity index (χ0v) is 12.7. The lowest BCUT2D eigenvalue weighted by molar-refractivity contribution is -0.132. The summed E-state index contributed by atoms with van der Waals surface area (Å²) in [5, 5.41) is 3.71. The van der Waals surface area contributed by atoms with Gasteiger partial charge in [0.05, 0.1) is 10.0 Å². The molecule has 4 nitrogen and oxygen atoms in total. The van der Waals surface area contributed by atoms with Crippen molar-refractivity contribution in [1.82, 2.24) is 4.90 Å². The molecule has 1 heterocycles. The van der Waals surface area contributed by atoms with Gasteiger partial charge in [-0.05, 0) is 31.0 Å². The molecule has 1 aliphatic rings. The number of amides is 2. The number of nitrogens with one attached hydrogen (secondary N) is 1. The molecule has 0 radical (unpaired) electrons. The van der Waals surface area contributed by atoms with Gasteiger partial charge in [-0.1, -0.05) is 23.2 Å². The van der Waals surface area contributed by atoms with E-state index in [1.54, 1.807) is 30.0 Å². The molecule has 20 heavy (non-hydrogen) atoms. The summed E-state index contributed by atoms with van der Waals surface area (Å²) in [6.45, 7) is 2.82. The van der Waals surface area contributed by atoms with Gasteiger partial charge in [-0.2, -0.15) is 0 Å². The molecular weight excluding hydrogens is 299 g/mol. The molecule has 0 saturated carbocycles. The van der Waals surface area contributed by atoms with Crippen molar-refractivity contribution in [2.24, 2.45) is 5.92 Å². The van der Waals surface area contributed by atoms with Gasteiger partial charge in [0.15, 0.2) is 0 Å². The molecule has 0 aromatic heterocycles. The molecule has 2 rings (SSSR count). The molecule has 1 N–H and O–H groups in total. The Bertz CT molecular complexity index is 526. The van der Waals surface area contributed by atoms with Crippen LogP contribution in [-0.4, -0.2) is 29.8 Å². The number of likely N-dealkylation sites (tertiary alicyclic amines) is 1. The summed E-state index contributed by atoms with van der Waals surface area (Å²) in [7, 11) is 0. The number of halogens is 2. The fraction of sp³-hybridized carbons (Fsp3) is 0.429. The Hall–Kier alpha value is -1.26. The van der Waals surface area contributed by atoms with Crippen molar-refractivity contribution in [3.8, 4) is 0 Å². The smallest absolute Gasteiger partial charge is 0.227 e. The lowest BCUT2D eigenvalue weighted by Gasteiger charge is -2.30. The number of hydrogen-bond donors (Lipinski definition) is 1. The first-order chi connectivity index (χ1) is 9.47. The fourth-order valence-electron chi connectivity index (χ4n) is 2.27. The van der Waals surface area contributed by atoms with Crippen molar-refractivity contribution in [1.29, 1.82) is 0 Å². The molecule has 0 aliphatic carbocycles. The number of carbonyl (C=O) groups is 2. The first-order valence-corrected chi connectivity index (χ1v) is 7.24. The lowest BCUT2D eigenvalue weighted by Crippen LogP contribution is -2.40. The predicted octanol–water partition coefficient (Wildman–Crippen LogP) is 3.19. The maximum atomic E-state index is 12.1. The molecule has 1 saturated heterocycles. The van der Waals surface area contributed by atoms with Gasteiger partial charge in [0.1, 0.15) is 0 Å². The number of carbonyl (C=O) groups excluding carboxylic acids is 2. The van der Waals surface area contributed by atoms with E-state index in [1.807, 2.05) is 0 Å². The number of anilines is 1. The zero-order chi connectivity index (χ0) is 14.7. The largest absolute Gasteiger partial charge is 0.343 e. The van der Waals surface area contributed by atoms with Gasteiger partial charge >= 0.3 is 0 Å². The quantitative estimate of drug-likeness (QED) is 0.911. The van der Waals surface area contributed by atoms with E-state index < -0.39 is 0 Å². The van der Waals surface area contributed by atoms with Crippen molar-refractivity contribution in [2.45, 2.75) is 19.8 Å². The maximum absolute atomic E-state index is 12.1. The summed E-state index contributed by atoms with van der Waals surface area (Å²) >= 11 is 11.7. The summed E-state index contributed by atoms with van der Waals surface area (Å²) < 4.78 is 0. The predicted molar refractivity (Wildman–Crippen MR) is 80.1 cm³/mol. The SMILES string of the molecule is CC(=O)N1CCC(C(=O)Nc2ccc(Cl)c(Cl)c2)CC1. The van der Waals surface area contributed by atoms with E-state index in [-0.39, 0.29) is 17.7 Å². The van der Waals surface area contributed by atoms with Crippen molar-refractivity contribution in [3.05, 3.63) is 28.2 Å². The Morgan fingerprint density at radius 1 is 1.20 bits per heavy atom. The average molecular weight is 315 g/mol. The Balaban J connectivity index is 1.92. The van der Waals surface area contributed by atoms with E-state index in [4.69, 9.17) is 23.2 Å². The normalized spacial score (nSPS) is 16.1. The third-order valence-electron chi connectivity index (χ3n) is 3.50. The minimum Gasteiger partial charge on any atom is -0.343 e. The van der Waals surface area contributed by atoms with Crippen LogP contribution >= 0.6 is 23.2 Å². The van der Waals surface area contributed by atoms with Gasteiger partial charge in [0.2, 0.25) is 11.8 Å². The third-order valence-corrected chi connectivity index (χ3v) is 4.24. The van der Waals surface area contributed by atoms with Crippen LogP contribution in [0.5, 0.6) is 0 Å². The Morgan fingerprint density at radius 3 is 2.40 bits per heavy atom. The monoisotopic (exact) mass is 314 g/mol. The fourth-order valence-corrected chi connectivity index (χ4v) is 2.57. The van der Waals surface area contributed by atoms with Crippen molar-refractivity contribution in [3.63, 3.8) is 0 Å². The molecule has 108 valence electrons. The van der Waals surface area contributed by atoms with Crippen LogP contribution < -0.4 is 5.32 Å². The summed E-state index contributed by atoms with van der Waals surface area (Å²) in [4.78, 5) is 25.2. The average Bonchev–Trinajstić information content (AvgIpc) is 2.43. The molecule has 6 heteroatoms. The molecule has 0 spiro atoms. The van der Waals surface area contributed by atoms with Gasteiger partial charge in [0.25, 0.3) is 0 Å². The number of nitrogens with zero attached hydrogens (tertiary/aromatic N) is 1. The first-order valence-electron chi connectivity index (χ1n) is 6.49. The molecule has 0 unspecified atom stereocenters. The van der Waals surface area contributed by atoms with Crippen LogP contribution in [0.1, 0.15) is 19.8 Å². The molecule has 1 aliphatic heterocycles. The zero-order valence-electron chi connectivity index (χ0n) is 11.2. The minimum atomic E-state index is -0.0694. The number of piperidine rings is 1. The van der Waals surface area contributed by atoms with Crippen LogP contribution in [-0.2, 0) is 9.59 Å². The van der Waals surface area contributed by atoms with Crippen LogP contribution in [0.2, 0.25) is 10.0 Å². The van der Waals surface area contributed by atoms with Crippen molar-refractivity contribution >= 4 is 40.7 Å². The first kappa shape index (κ1) is 15.1. The second-order valence-electron chi connectivity index (χ2n) is 4.90. The topological polar surface area (TPSA) is 49.4 Å². The van der Waals surface area contributed by atoms with E-state index in [0.717, 1.165) is 0 Å². The molecule has 0 atom stereocenters. The van der Waals surface area contributed by atoms with Gasteiger partial charge in [-0.25, -0.2) is 0 Å². The maximum Gasteiger partial charge on any atom is 0.227 e. The number of hydrogen-bond acceptors (Lipinski definition) is 2. The molecule has 1 aromatic rings. The van der Waals surface area contributed by atoms with Gasteiger partial charge in [-0.15, -0.1) is 0 Å². The molecule has 1 aromatic carbocycles. The number of rotatable bonds is 2. The van der Waals surface area contributed by atoms with E-state index in [9.17, 15) is 9.59 Å². The van der Waals surface area contributed by atoms with Crippen LogP contribution in [0.15, 0.2) is 18.2 Å². The van der Waals surface area contributed by atoms with E-state index in [0.29, 0.717) is 41.7 Å². The molecular formula is C14H16Cl2N2O2. The standard InChI is InChI=1S/C14H16Cl2N2O2/c1-9(19)18-6-4-10(5-7-18)14(20)17-11-2-3-12(15)13(16)8-11/h2-3,8,10H,4-7H2,1H3,(H,17,20). The molecule has 2 amide bonds. The minimum absolute atomic E-state index is 0.0356. The highest BCUT2D eigenvalue weighted by Gasteiger charge is 2.26. The second kappa shape index (κ2) is 6.46. The Kier molecular flexibility index (Phi) is 4.89. The number of benzene rings is 1. The van der Waals surface area contributed by atoms with E-state index in [1.165, 1.54) is 0 Å². The van der Waals surface area contributed by atoms with Crippen molar-refractivity contribution < 1.29 is 9.59 Å². The summed E-state index contributed by atoms with van der Waals surface area (Å²) in [6.07, 6.45) is 1.37. The van der Waals surface area contributed by atoms with Gasteiger partial charge in [0, 0.05) is 31.6 Å². The molecule has 0 bridgehead atoms. The summed E-state index contributed by atoms with van der Waals surface area (Å²) in [5.74, 6) is -0.0417. The Labute approximate surface area is 128 Å². The lowest BCUT2D eigenvalue weighted by atomic mass is 9.96. The van der Waals surface area contributed by atoms with Crippen LogP contribution in [0.4, 0.5) is 5.69 Å². The second-order valence-corrected chi connectivity index (χ2v) is 5.71. The Morgan fingerprint density at radius 2 is 1.85 bits per heavy atom. The van der Waals surface area contributed by atoms with Crippen LogP contribution in [0.25, 0.3) is 0 Å². The van der Waals surface area contributed by atoms with Gasteiger partial charge < -0.3 is 10.2 Å². The molecule has 1 fully saturated rings. The van der Waals surface area contributed by atoms with Crippen LogP contribution in [0, 0.1) is 5.92 Å². The van der Waals surface area contributed by atoms with Crippen LogP contribution in [0.3, 0.4) is 0 Å². The van der Waals surface area contributed by atoms with E-state index >= 15 is 0 Å². The highest BCUT2D eigenvalue weighted by atomic mass is 35.5. The van der Waals surface area contributed by atoms with E-state index in [2.05, 4.69) is 5.32 Å². The van der Waals surface area contributed by atoms with Gasteiger partial charge in [-0.3, -0.25) is 9.59 Å². The summed E-state index contributed by atoms with van der Waals surface area (Å²) in [5.41, 5.74) is 0.637. The highest BCUT2D eigenvalue weighted by molar-refractivity contribution is 6.42. The third kappa shape index (κ3) is 3.64. The summed E-state index contributed by atoms with van der Waals surface area (Å²) in [6, 6.07) is 5.00. The van der Waals surface area contributed by atoms with Crippen molar-refractivity contribution in [2.75, 3.05) is 18.4 Å². The highest BCUT2D eigenvalue weighted by Crippen LogP contribution is 2.26.